The molecule has 1 heterocycles. The van der Waals surface area contributed by atoms with Crippen molar-refractivity contribution < 1.29 is 9.59 Å². The Morgan fingerprint density at radius 3 is 2.13 bits per heavy atom. The molecule has 3 aromatic rings. The summed E-state index contributed by atoms with van der Waals surface area (Å²) in [6.07, 6.45) is 1.89. The zero-order valence-electron chi connectivity index (χ0n) is 16.2. The van der Waals surface area contributed by atoms with Crippen molar-refractivity contribution in [2.45, 2.75) is 6.04 Å². The Morgan fingerprint density at radius 2 is 1.53 bits per heavy atom. The Labute approximate surface area is 188 Å². The van der Waals surface area contributed by atoms with Crippen LogP contribution >= 0.6 is 27.7 Å². The Bertz CT molecular complexity index is 1100. The molecule has 4 rings (SSSR count). The molecule has 1 atom stereocenters. The highest BCUT2D eigenvalue weighted by Crippen LogP contribution is 2.39. The lowest BCUT2D eigenvalue weighted by molar-refractivity contribution is 0.102. The van der Waals surface area contributed by atoms with Gasteiger partial charge in [0.1, 0.15) is 0 Å². The third-order valence-corrected chi connectivity index (χ3v) is 6.20. The number of nitrogens with one attached hydrogen (secondary N) is 1. The third kappa shape index (κ3) is 3.93. The summed E-state index contributed by atoms with van der Waals surface area (Å²) in [5, 5.41) is 3.67. The number of rotatable bonds is 5. The van der Waals surface area contributed by atoms with Crippen LogP contribution in [-0.2, 0) is 0 Å². The SMILES string of the molecule is CSC1=C(C(=O)c2ccc(Br)cc2)[C@@H](c2ccccc2)NC(=O)N1c1ccccc1. The Morgan fingerprint density at radius 1 is 0.933 bits per heavy atom. The first kappa shape index (κ1) is 20.4. The van der Waals surface area contributed by atoms with Gasteiger partial charge < -0.3 is 5.32 Å². The average Bonchev–Trinajstić information content (AvgIpc) is 2.79. The van der Waals surface area contributed by atoms with Crippen LogP contribution in [0.3, 0.4) is 0 Å². The third-order valence-electron chi connectivity index (χ3n) is 4.88. The molecule has 0 fully saturated rings. The molecule has 0 spiro atoms. The average molecular weight is 479 g/mol. The van der Waals surface area contributed by atoms with Crippen LogP contribution in [0.15, 0.2) is 100 Å². The van der Waals surface area contributed by atoms with Crippen molar-refractivity contribution in [3.63, 3.8) is 0 Å². The van der Waals surface area contributed by atoms with E-state index in [1.54, 1.807) is 17.0 Å². The molecule has 0 saturated carbocycles. The summed E-state index contributed by atoms with van der Waals surface area (Å²) < 4.78 is 0.903. The second-order valence-electron chi connectivity index (χ2n) is 6.72. The van der Waals surface area contributed by atoms with Gasteiger partial charge in [0.05, 0.1) is 22.3 Å². The number of benzene rings is 3. The molecule has 0 aromatic heterocycles. The van der Waals surface area contributed by atoms with E-state index in [1.807, 2.05) is 79.1 Å². The smallest absolute Gasteiger partial charge is 0.326 e. The monoisotopic (exact) mass is 478 g/mol. The highest BCUT2D eigenvalue weighted by Gasteiger charge is 2.38. The minimum absolute atomic E-state index is 0.110. The second kappa shape index (κ2) is 8.90. The van der Waals surface area contributed by atoms with E-state index in [1.165, 1.54) is 11.8 Å². The predicted octanol–water partition coefficient (Wildman–Crippen LogP) is 6.18. The highest BCUT2D eigenvalue weighted by atomic mass is 79.9. The first-order chi connectivity index (χ1) is 14.6. The van der Waals surface area contributed by atoms with E-state index in [4.69, 9.17) is 0 Å². The minimum Gasteiger partial charge on any atom is -0.326 e. The molecule has 0 unspecified atom stereocenters. The van der Waals surface area contributed by atoms with Gasteiger partial charge in [-0.2, -0.15) is 0 Å². The standard InChI is InChI=1S/C24H19BrN2O2S/c1-30-23-20(22(28)17-12-14-18(25)15-13-17)21(16-8-4-2-5-9-16)26-24(29)27(23)19-10-6-3-7-11-19/h2-15,21H,1H3,(H,26,29)/t21-/m1/s1. The van der Waals surface area contributed by atoms with E-state index in [-0.39, 0.29) is 11.8 Å². The molecule has 0 saturated heterocycles. The lowest BCUT2D eigenvalue weighted by atomic mass is 9.91. The van der Waals surface area contributed by atoms with Crippen molar-refractivity contribution in [3.8, 4) is 0 Å². The van der Waals surface area contributed by atoms with E-state index in [0.717, 1.165) is 10.0 Å². The molecular weight excluding hydrogens is 460 g/mol. The largest absolute Gasteiger partial charge is 0.327 e. The van der Waals surface area contributed by atoms with Gasteiger partial charge >= 0.3 is 6.03 Å². The van der Waals surface area contributed by atoms with Gasteiger partial charge in [0.2, 0.25) is 0 Å². The Balaban J connectivity index is 1.91. The number of urea groups is 1. The van der Waals surface area contributed by atoms with Gasteiger partial charge in [-0.05, 0) is 48.2 Å². The summed E-state index contributed by atoms with van der Waals surface area (Å²) in [6.45, 7) is 0. The van der Waals surface area contributed by atoms with Crippen molar-refractivity contribution >= 4 is 45.2 Å². The molecule has 30 heavy (non-hydrogen) atoms. The summed E-state index contributed by atoms with van der Waals surface area (Å²) in [4.78, 5) is 28.4. The van der Waals surface area contributed by atoms with E-state index in [2.05, 4.69) is 21.2 Å². The number of nitrogens with zero attached hydrogens (tertiary/aromatic N) is 1. The number of halogens is 1. The van der Waals surface area contributed by atoms with Gasteiger partial charge in [-0.1, -0.05) is 64.5 Å². The fourth-order valence-electron chi connectivity index (χ4n) is 3.49. The van der Waals surface area contributed by atoms with Crippen molar-refractivity contribution in [2.24, 2.45) is 0 Å². The number of hydrogen-bond acceptors (Lipinski definition) is 3. The molecule has 3 aromatic carbocycles. The first-order valence-electron chi connectivity index (χ1n) is 9.39. The molecule has 1 aliphatic rings. The molecule has 0 bridgehead atoms. The van der Waals surface area contributed by atoms with Crippen molar-refractivity contribution in [3.05, 3.63) is 111 Å². The fourth-order valence-corrected chi connectivity index (χ4v) is 4.56. The predicted molar refractivity (Wildman–Crippen MR) is 126 cm³/mol. The van der Waals surface area contributed by atoms with Crippen LogP contribution in [0.2, 0.25) is 0 Å². The quantitative estimate of drug-likeness (QED) is 0.445. The van der Waals surface area contributed by atoms with Gasteiger partial charge in [0.15, 0.2) is 5.78 Å². The Hall–Kier alpha value is -2.83. The number of thioether (sulfide) groups is 1. The normalized spacial score (nSPS) is 16.4. The first-order valence-corrected chi connectivity index (χ1v) is 11.4. The summed E-state index contributed by atoms with van der Waals surface area (Å²) in [7, 11) is 0. The lowest BCUT2D eigenvalue weighted by Crippen LogP contribution is -2.48. The van der Waals surface area contributed by atoms with Gasteiger partial charge in [-0.25, -0.2) is 4.79 Å². The fraction of sp³-hybridized carbons (Fsp3) is 0.0833. The van der Waals surface area contributed by atoms with Crippen molar-refractivity contribution in [1.82, 2.24) is 5.32 Å². The second-order valence-corrected chi connectivity index (χ2v) is 8.43. The summed E-state index contributed by atoms with van der Waals surface area (Å²) >= 11 is 4.82. The number of para-hydroxylation sites is 1. The maximum Gasteiger partial charge on any atom is 0.327 e. The lowest BCUT2D eigenvalue weighted by Gasteiger charge is -2.36. The van der Waals surface area contributed by atoms with Gasteiger partial charge in [0.25, 0.3) is 0 Å². The zero-order chi connectivity index (χ0) is 21.1. The molecule has 4 nitrogen and oxygen atoms in total. The number of carbonyl (C=O) groups is 2. The number of amides is 2. The van der Waals surface area contributed by atoms with Crippen LogP contribution in [0, 0.1) is 0 Å². The number of ketones is 1. The van der Waals surface area contributed by atoms with Crippen LogP contribution in [-0.4, -0.2) is 18.1 Å². The van der Waals surface area contributed by atoms with E-state index in [9.17, 15) is 9.59 Å². The molecule has 6 heteroatoms. The van der Waals surface area contributed by atoms with Gasteiger partial charge in [0, 0.05) is 10.0 Å². The van der Waals surface area contributed by atoms with Crippen molar-refractivity contribution in [1.29, 1.82) is 0 Å². The van der Waals surface area contributed by atoms with Crippen LogP contribution in [0.5, 0.6) is 0 Å². The van der Waals surface area contributed by atoms with Gasteiger partial charge in [-0.15, -0.1) is 11.8 Å². The maximum absolute atomic E-state index is 13.7. The Kier molecular flexibility index (Phi) is 6.06. The minimum atomic E-state index is -0.530. The molecule has 1 aliphatic heterocycles. The molecule has 150 valence electrons. The molecule has 0 radical (unpaired) electrons. The molecule has 1 N–H and O–H groups in total. The molecular formula is C24H19BrN2O2S. The topological polar surface area (TPSA) is 49.4 Å². The van der Waals surface area contributed by atoms with Crippen molar-refractivity contribution in [2.75, 3.05) is 11.2 Å². The summed E-state index contributed by atoms with van der Waals surface area (Å²) in [6, 6.07) is 25.5. The number of carbonyl (C=O) groups excluding carboxylic acids is 2. The summed E-state index contributed by atoms with van der Waals surface area (Å²) in [5.74, 6) is -0.110. The van der Waals surface area contributed by atoms with E-state index < -0.39 is 6.04 Å². The van der Waals surface area contributed by atoms with Crippen LogP contribution in [0.25, 0.3) is 0 Å². The molecule has 2 amide bonds. The van der Waals surface area contributed by atoms with Crippen LogP contribution < -0.4 is 10.2 Å². The van der Waals surface area contributed by atoms with Crippen LogP contribution in [0.1, 0.15) is 22.0 Å². The number of hydrogen-bond donors (Lipinski definition) is 1. The van der Waals surface area contributed by atoms with E-state index >= 15 is 0 Å². The zero-order valence-corrected chi connectivity index (χ0v) is 18.6. The maximum atomic E-state index is 13.7. The number of anilines is 1. The highest BCUT2D eigenvalue weighted by molar-refractivity contribution is 9.10. The van der Waals surface area contributed by atoms with Gasteiger partial charge in [-0.3, -0.25) is 9.69 Å². The van der Waals surface area contributed by atoms with E-state index in [0.29, 0.717) is 21.9 Å². The van der Waals surface area contributed by atoms with Crippen LogP contribution in [0.4, 0.5) is 10.5 Å². The number of Topliss-reactive ketones (excluding diaryl/α,β-unsaturated/α-hetero) is 1. The molecule has 0 aliphatic carbocycles. The summed E-state index contributed by atoms with van der Waals surface area (Å²) in [5.41, 5.74) is 2.71.